The number of hydrogen-bond acceptors (Lipinski definition) is 3. The zero-order chi connectivity index (χ0) is 8.36. The third kappa shape index (κ3) is 10.1. The van der Waals surface area contributed by atoms with Crippen molar-refractivity contribution in [2.75, 3.05) is 33.5 Å². The Bertz CT molecular complexity index is 62.7. The lowest BCUT2D eigenvalue weighted by molar-refractivity contribution is 0.0550. The van der Waals surface area contributed by atoms with E-state index in [4.69, 9.17) is 13.9 Å². The molecule has 2 radical (unpaired) electrons. The van der Waals surface area contributed by atoms with E-state index < -0.39 is 0 Å². The van der Waals surface area contributed by atoms with Gasteiger partial charge in [0.2, 0.25) is 9.76 Å². The molecule has 66 valence electrons. The first kappa shape index (κ1) is 11.1. The molecule has 0 spiro atoms. The minimum Gasteiger partial charge on any atom is -0.415 e. The molecule has 0 rings (SSSR count). The van der Waals surface area contributed by atoms with Crippen molar-refractivity contribution in [3.8, 4) is 0 Å². The van der Waals surface area contributed by atoms with Crippen molar-refractivity contribution in [1.29, 1.82) is 0 Å². The molecule has 3 nitrogen and oxygen atoms in total. The summed E-state index contributed by atoms with van der Waals surface area (Å²) in [6.07, 6.45) is 0. The summed E-state index contributed by atoms with van der Waals surface area (Å²) in [6.45, 7) is 4.81. The van der Waals surface area contributed by atoms with Crippen molar-refractivity contribution in [3.63, 3.8) is 0 Å². The molecule has 0 aromatic carbocycles. The maximum absolute atomic E-state index is 5.22. The van der Waals surface area contributed by atoms with Crippen LogP contribution in [0.5, 0.6) is 0 Å². The molecular weight excluding hydrogens is 160 g/mol. The first-order chi connectivity index (χ1) is 5.41. The highest BCUT2D eigenvalue weighted by molar-refractivity contribution is 6.26. The van der Waals surface area contributed by atoms with Crippen molar-refractivity contribution < 1.29 is 13.9 Å². The molecule has 11 heavy (non-hydrogen) atoms. The Morgan fingerprint density at radius 1 is 1.09 bits per heavy atom. The van der Waals surface area contributed by atoms with Gasteiger partial charge in [-0.15, -0.1) is 0 Å². The summed E-state index contributed by atoms with van der Waals surface area (Å²) in [6, 6.07) is 1.10. The van der Waals surface area contributed by atoms with Crippen LogP contribution < -0.4 is 0 Å². The van der Waals surface area contributed by atoms with Crippen LogP contribution in [0.1, 0.15) is 6.92 Å². The molecule has 0 aliphatic rings. The van der Waals surface area contributed by atoms with Gasteiger partial charge in [-0.25, -0.2) is 0 Å². The Kier molecular flexibility index (Phi) is 10.2. The van der Waals surface area contributed by atoms with Crippen LogP contribution in [0, 0.1) is 0 Å². The van der Waals surface area contributed by atoms with Gasteiger partial charge in [0.15, 0.2) is 0 Å². The molecule has 0 fully saturated rings. The highest BCUT2D eigenvalue weighted by Crippen LogP contribution is 1.80. The predicted octanol–water partition coefficient (Wildman–Crippen LogP) is 0.723. The average molecular weight is 176 g/mol. The molecule has 0 N–H and O–H groups in total. The van der Waals surface area contributed by atoms with E-state index in [-0.39, 0.29) is 0 Å². The molecule has 0 aromatic heterocycles. The highest BCUT2D eigenvalue weighted by atomic mass is 28.2. The van der Waals surface area contributed by atoms with Crippen LogP contribution in [0.15, 0.2) is 0 Å². The molecule has 0 aromatic rings. The summed E-state index contributed by atoms with van der Waals surface area (Å²) in [5.74, 6) is 0. The zero-order valence-electron chi connectivity index (χ0n) is 7.26. The molecule has 0 heterocycles. The third-order valence-corrected chi connectivity index (χ3v) is 1.70. The van der Waals surface area contributed by atoms with Crippen LogP contribution in [0.3, 0.4) is 0 Å². The molecule has 0 saturated carbocycles. The fourth-order valence-electron chi connectivity index (χ4n) is 0.519. The maximum Gasteiger partial charge on any atom is 0.229 e. The molecule has 0 atom stereocenters. The van der Waals surface area contributed by atoms with Crippen LogP contribution in [0.4, 0.5) is 0 Å². The van der Waals surface area contributed by atoms with Gasteiger partial charge in [0, 0.05) is 7.11 Å². The van der Waals surface area contributed by atoms with E-state index >= 15 is 0 Å². The minimum atomic E-state index is 0.616. The van der Waals surface area contributed by atoms with Crippen molar-refractivity contribution in [2.45, 2.75) is 13.0 Å². The number of methoxy groups -OCH3 is 1. The highest BCUT2D eigenvalue weighted by Gasteiger charge is 1.88. The quantitative estimate of drug-likeness (QED) is 0.403. The monoisotopic (exact) mass is 176 g/mol. The molecule has 4 heteroatoms. The Morgan fingerprint density at radius 2 is 1.82 bits per heavy atom. The van der Waals surface area contributed by atoms with E-state index in [2.05, 4.69) is 6.92 Å². The van der Waals surface area contributed by atoms with Crippen LogP contribution in [-0.2, 0) is 13.9 Å². The lowest BCUT2D eigenvalue weighted by atomic mass is 10.7. The van der Waals surface area contributed by atoms with Crippen LogP contribution in [0.25, 0.3) is 0 Å². The first-order valence-corrected chi connectivity index (χ1v) is 4.94. The average Bonchev–Trinajstić information content (AvgIpc) is 2.03. The molecule has 0 bridgehead atoms. The van der Waals surface area contributed by atoms with Crippen LogP contribution in [0.2, 0.25) is 6.04 Å². The van der Waals surface area contributed by atoms with Gasteiger partial charge < -0.3 is 13.9 Å². The maximum atomic E-state index is 5.22. The molecular formula is C7H16O3Si. The fourth-order valence-corrected chi connectivity index (χ4v) is 0.951. The third-order valence-electron chi connectivity index (χ3n) is 1.01. The van der Waals surface area contributed by atoms with Crippen molar-refractivity contribution >= 4 is 9.76 Å². The van der Waals surface area contributed by atoms with Crippen molar-refractivity contribution in [1.82, 2.24) is 0 Å². The second-order valence-electron chi connectivity index (χ2n) is 1.95. The number of rotatable bonds is 8. The topological polar surface area (TPSA) is 27.7 Å². The summed E-state index contributed by atoms with van der Waals surface area (Å²) in [4.78, 5) is 0. The Hall–Kier alpha value is 0.0969. The van der Waals surface area contributed by atoms with Gasteiger partial charge >= 0.3 is 0 Å². The largest absolute Gasteiger partial charge is 0.415 e. The minimum absolute atomic E-state index is 0.616. The second-order valence-corrected chi connectivity index (χ2v) is 3.24. The smallest absolute Gasteiger partial charge is 0.229 e. The summed E-state index contributed by atoms with van der Waals surface area (Å²) >= 11 is 0. The van der Waals surface area contributed by atoms with Gasteiger partial charge in [-0.1, -0.05) is 6.92 Å². The number of ether oxygens (including phenoxy) is 2. The van der Waals surface area contributed by atoms with Crippen LogP contribution >= 0.6 is 0 Å². The first-order valence-electron chi connectivity index (χ1n) is 3.83. The Labute approximate surface area is 71.0 Å². The van der Waals surface area contributed by atoms with Gasteiger partial charge in [-0.2, -0.15) is 0 Å². The summed E-state index contributed by atoms with van der Waals surface area (Å²) < 4.78 is 15.2. The predicted molar refractivity (Wildman–Crippen MR) is 44.9 cm³/mol. The summed E-state index contributed by atoms with van der Waals surface area (Å²) in [5, 5.41) is 0. The molecule has 0 aliphatic carbocycles. The number of hydrogen-bond donors (Lipinski definition) is 0. The SMILES string of the molecule is CC[Si]OCCOCCOC. The van der Waals surface area contributed by atoms with Crippen molar-refractivity contribution in [2.24, 2.45) is 0 Å². The second kappa shape index (κ2) is 10.1. The van der Waals surface area contributed by atoms with Crippen LogP contribution in [-0.4, -0.2) is 43.3 Å². The van der Waals surface area contributed by atoms with E-state index in [1.807, 2.05) is 0 Å². The van der Waals surface area contributed by atoms with Crippen molar-refractivity contribution in [3.05, 3.63) is 0 Å². The lowest BCUT2D eigenvalue weighted by Gasteiger charge is -2.02. The van der Waals surface area contributed by atoms with Gasteiger partial charge in [0.25, 0.3) is 0 Å². The van der Waals surface area contributed by atoms with Gasteiger partial charge in [-0.3, -0.25) is 0 Å². The van der Waals surface area contributed by atoms with E-state index in [1.165, 1.54) is 0 Å². The van der Waals surface area contributed by atoms with Gasteiger partial charge in [0.1, 0.15) is 0 Å². The molecule has 0 aliphatic heterocycles. The Morgan fingerprint density at radius 3 is 2.45 bits per heavy atom. The summed E-state index contributed by atoms with van der Waals surface area (Å²) in [7, 11) is 2.28. The molecule has 0 saturated heterocycles. The van der Waals surface area contributed by atoms with E-state index in [0.717, 1.165) is 6.04 Å². The zero-order valence-corrected chi connectivity index (χ0v) is 8.26. The Balaban J connectivity index is 2.69. The standard InChI is InChI=1S/C7H16O3Si/c1-3-11-10-7-6-9-5-4-8-2/h3-7H2,1-2H3. The van der Waals surface area contributed by atoms with E-state index in [1.54, 1.807) is 7.11 Å². The molecule has 0 unspecified atom stereocenters. The van der Waals surface area contributed by atoms with Gasteiger partial charge in [0.05, 0.1) is 26.4 Å². The van der Waals surface area contributed by atoms with E-state index in [9.17, 15) is 0 Å². The summed E-state index contributed by atoms with van der Waals surface area (Å²) in [5.41, 5.74) is 0. The fraction of sp³-hybridized carbons (Fsp3) is 1.00. The molecule has 0 amide bonds. The van der Waals surface area contributed by atoms with Gasteiger partial charge in [-0.05, 0) is 6.04 Å². The van der Waals surface area contributed by atoms with E-state index in [0.29, 0.717) is 36.2 Å². The normalized spacial score (nSPS) is 10.4. The lowest BCUT2D eigenvalue weighted by Crippen LogP contribution is -2.09.